The molecule has 0 heterocycles. The Labute approximate surface area is 155 Å². The Morgan fingerprint density at radius 2 is 1.88 bits per heavy atom. The Kier molecular flexibility index (Phi) is 7.39. The predicted molar refractivity (Wildman–Crippen MR) is 107 cm³/mol. The molecule has 0 N–H and O–H groups in total. The molecule has 2 aromatic carbocycles. The zero-order valence-electron chi connectivity index (χ0n) is 15.0. The summed E-state index contributed by atoms with van der Waals surface area (Å²) in [6, 6.07) is 18.5. The summed E-state index contributed by atoms with van der Waals surface area (Å²) in [5.74, 6) is -0.220. The van der Waals surface area contributed by atoms with E-state index in [9.17, 15) is 9.65 Å². The maximum absolute atomic E-state index is 13.0. The molecule has 0 aliphatic carbocycles. The van der Waals surface area contributed by atoms with Gasteiger partial charge in [0.05, 0.1) is 0 Å². The molecule has 2 aromatic rings. The first-order chi connectivity index (χ1) is 12.7. The molecule has 0 radical (unpaired) electrons. The van der Waals surface area contributed by atoms with Gasteiger partial charge in [0.1, 0.15) is 17.6 Å². The van der Waals surface area contributed by atoms with Crippen molar-refractivity contribution in [1.82, 2.24) is 0 Å². The van der Waals surface area contributed by atoms with Crippen molar-refractivity contribution < 1.29 is 4.39 Å². The number of hydrogen-bond acceptors (Lipinski definition) is 2. The van der Waals surface area contributed by atoms with Crippen molar-refractivity contribution in [3.8, 4) is 6.07 Å². The minimum Gasteiger partial charge on any atom is -0.333 e. The van der Waals surface area contributed by atoms with Gasteiger partial charge in [-0.2, -0.15) is 5.26 Å². The topological polar surface area (TPSA) is 27.0 Å². The van der Waals surface area contributed by atoms with Gasteiger partial charge < -0.3 is 4.90 Å². The van der Waals surface area contributed by atoms with Crippen LogP contribution in [0.25, 0.3) is 6.08 Å². The van der Waals surface area contributed by atoms with Crippen LogP contribution in [0.3, 0.4) is 0 Å². The summed E-state index contributed by atoms with van der Waals surface area (Å²) in [6.07, 6.45) is 8.47. The van der Waals surface area contributed by atoms with Crippen molar-refractivity contribution in [3.05, 3.63) is 96.5 Å². The number of rotatable bonds is 8. The lowest BCUT2D eigenvalue weighted by Crippen LogP contribution is -2.21. The molecule has 1 atom stereocenters. The number of para-hydroxylation sites is 1. The number of hydrogen-bond donors (Lipinski definition) is 0. The molecule has 2 rings (SSSR count). The molecule has 0 aliphatic heterocycles. The van der Waals surface area contributed by atoms with Crippen molar-refractivity contribution >= 4 is 11.8 Å². The maximum Gasteiger partial charge on any atom is 0.123 e. The zero-order chi connectivity index (χ0) is 18.8. The van der Waals surface area contributed by atoms with Gasteiger partial charge in [-0.15, -0.1) is 6.58 Å². The van der Waals surface area contributed by atoms with Crippen LogP contribution in [0.5, 0.6) is 0 Å². The molecule has 0 amide bonds. The summed E-state index contributed by atoms with van der Waals surface area (Å²) in [4.78, 5) is 1.99. The van der Waals surface area contributed by atoms with Crippen LogP contribution in [0.4, 0.5) is 10.1 Å². The van der Waals surface area contributed by atoms with Gasteiger partial charge in [-0.1, -0.05) is 48.6 Å². The second-order valence-corrected chi connectivity index (χ2v) is 5.84. The van der Waals surface area contributed by atoms with Crippen LogP contribution in [0, 0.1) is 23.1 Å². The highest BCUT2D eigenvalue weighted by Gasteiger charge is 2.11. The van der Waals surface area contributed by atoms with E-state index in [4.69, 9.17) is 0 Å². The van der Waals surface area contributed by atoms with Crippen molar-refractivity contribution in [2.45, 2.75) is 13.3 Å². The fraction of sp³-hybridized carbons (Fsp3) is 0.174. The molecule has 3 heteroatoms. The van der Waals surface area contributed by atoms with E-state index in [-0.39, 0.29) is 11.7 Å². The van der Waals surface area contributed by atoms with Gasteiger partial charge in [0, 0.05) is 18.2 Å². The first-order valence-electron chi connectivity index (χ1n) is 8.67. The molecule has 0 spiro atoms. The van der Waals surface area contributed by atoms with E-state index in [0.29, 0.717) is 12.2 Å². The highest BCUT2D eigenvalue weighted by molar-refractivity contribution is 5.56. The highest BCUT2D eigenvalue weighted by Crippen LogP contribution is 2.21. The van der Waals surface area contributed by atoms with E-state index in [0.717, 1.165) is 17.7 Å². The fourth-order valence-electron chi connectivity index (χ4n) is 2.69. The molecule has 0 aliphatic rings. The molecule has 0 aromatic heterocycles. The summed E-state index contributed by atoms with van der Waals surface area (Å²) in [5, 5.41) is 9.67. The molecule has 0 fully saturated rings. The summed E-state index contributed by atoms with van der Waals surface area (Å²) in [5.41, 5.74) is 2.51. The third-order valence-corrected chi connectivity index (χ3v) is 4.01. The Balaban J connectivity index is 2.27. The highest BCUT2D eigenvalue weighted by atomic mass is 19.1. The number of allylic oxidation sites excluding steroid dienone is 4. The van der Waals surface area contributed by atoms with Gasteiger partial charge in [0.2, 0.25) is 0 Å². The van der Waals surface area contributed by atoms with Crippen molar-refractivity contribution in [2.24, 2.45) is 5.92 Å². The van der Waals surface area contributed by atoms with Crippen LogP contribution in [0.2, 0.25) is 0 Å². The van der Waals surface area contributed by atoms with E-state index >= 15 is 0 Å². The number of halogens is 1. The Morgan fingerprint density at radius 1 is 1.19 bits per heavy atom. The molecule has 0 unspecified atom stereocenters. The average Bonchev–Trinajstić information content (AvgIpc) is 2.68. The summed E-state index contributed by atoms with van der Waals surface area (Å²) in [6.45, 7) is 6.54. The van der Waals surface area contributed by atoms with Crippen LogP contribution < -0.4 is 4.90 Å². The number of nitrogens with zero attached hydrogens (tertiary/aromatic N) is 2. The Hall–Kier alpha value is -3.12. The van der Waals surface area contributed by atoms with E-state index in [1.54, 1.807) is 12.1 Å². The minimum atomic E-state index is -0.252. The summed E-state index contributed by atoms with van der Waals surface area (Å²) < 4.78 is 13.0. The fourth-order valence-corrected chi connectivity index (χ4v) is 2.69. The number of anilines is 1. The molecular formula is C23H23FN2. The van der Waals surface area contributed by atoms with Crippen LogP contribution in [-0.2, 0) is 0 Å². The van der Waals surface area contributed by atoms with E-state index in [1.807, 2.05) is 66.5 Å². The van der Waals surface area contributed by atoms with E-state index in [1.165, 1.54) is 12.1 Å². The quantitative estimate of drug-likeness (QED) is 0.435. The SMILES string of the molecule is C=CC[C@H](/C=C/c1ccc(F)cc1)/C=C(\C#N)N(CC)c1ccccc1. The molecule has 0 bridgehead atoms. The molecular weight excluding hydrogens is 323 g/mol. The van der Waals surface area contributed by atoms with Gasteiger partial charge in [-0.05, 0) is 49.2 Å². The molecule has 26 heavy (non-hydrogen) atoms. The smallest absolute Gasteiger partial charge is 0.123 e. The van der Waals surface area contributed by atoms with Gasteiger partial charge >= 0.3 is 0 Å². The number of nitriles is 1. The predicted octanol–water partition coefficient (Wildman–Crippen LogP) is 5.97. The molecule has 132 valence electrons. The zero-order valence-corrected chi connectivity index (χ0v) is 15.0. The van der Waals surface area contributed by atoms with Crippen molar-refractivity contribution in [3.63, 3.8) is 0 Å². The van der Waals surface area contributed by atoms with Gasteiger partial charge in [0.15, 0.2) is 0 Å². The van der Waals surface area contributed by atoms with Crippen molar-refractivity contribution in [2.75, 3.05) is 11.4 Å². The van der Waals surface area contributed by atoms with Crippen LogP contribution >= 0.6 is 0 Å². The Morgan fingerprint density at radius 3 is 2.46 bits per heavy atom. The minimum absolute atomic E-state index is 0.0324. The number of benzene rings is 2. The molecule has 2 nitrogen and oxygen atoms in total. The average molecular weight is 346 g/mol. The normalized spacial score (nSPS) is 12.6. The Bertz CT molecular complexity index is 798. The van der Waals surface area contributed by atoms with E-state index in [2.05, 4.69) is 12.6 Å². The second-order valence-electron chi connectivity index (χ2n) is 5.84. The lowest BCUT2D eigenvalue weighted by molar-refractivity contribution is 0.628. The summed E-state index contributed by atoms with van der Waals surface area (Å²) >= 11 is 0. The monoisotopic (exact) mass is 346 g/mol. The van der Waals surface area contributed by atoms with Gasteiger partial charge in [-0.25, -0.2) is 4.39 Å². The first-order valence-corrected chi connectivity index (χ1v) is 8.67. The molecule has 0 saturated carbocycles. The van der Waals surface area contributed by atoms with Crippen molar-refractivity contribution in [1.29, 1.82) is 5.26 Å². The van der Waals surface area contributed by atoms with Gasteiger partial charge in [0.25, 0.3) is 0 Å². The van der Waals surface area contributed by atoms with Gasteiger partial charge in [-0.3, -0.25) is 0 Å². The lowest BCUT2D eigenvalue weighted by Gasteiger charge is -2.23. The third-order valence-electron chi connectivity index (χ3n) is 4.01. The second kappa shape index (κ2) is 10.0. The van der Waals surface area contributed by atoms with Crippen LogP contribution in [-0.4, -0.2) is 6.54 Å². The summed E-state index contributed by atoms with van der Waals surface area (Å²) in [7, 11) is 0. The third kappa shape index (κ3) is 5.46. The lowest BCUT2D eigenvalue weighted by atomic mass is 10.0. The van der Waals surface area contributed by atoms with Crippen LogP contribution in [0.1, 0.15) is 18.9 Å². The maximum atomic E-state index is 13.0. The first kappa shape index (κ1) is 19.2. The molecule has 0 saturated heterocycles. The largest absolute Gasteiger partial charge is 0.333 e. The van der Waals surface area contributed by atoms with Crippen LogP contribution in [0.15, 0.2) is 85.1 Å². The standard InChI is InChI=1S/C23H23FN2/c1-3-8-20(12-11-19-13-15-21(24)16-14-19)17-23(18-25)26(4-2)22-9-6-5-7-10-22/h3,5-7,9-17,20H,1,4,8H2,2H3/b12-11+,23-17+/t20-/m1/s1. The van der Waals surface area contributed by atoms with E-state index < -0.39 is 0 Å².